The minimum absolute atomic E-state index is 0.0405. The number of benzene rings is 3. The molecule has 0 aliphatic carbocycles. The smallest absolute Gasteiger partial charge is 0.490 e. The largest absolute Gasteiger partial charge is 0.497 e. The normalized spacial score (nSPS) is 13.4. The Morgan fingerprint density at radius 2 is 1.46 bits per heavy atom. The summed E-state index contributed by atoms with van der Waals surface area (Å²) in [4.78, 5) is 32.2. The van der Waals surface area contributed by atoms with Gasteiger partial charge < -0.3 is 19.6 Å². The number of anilines is 2. The number of nitrogens with one attached hydrogen (secondary N) is 1. The predicted octanol–water partition coefficient (Wildman–Crippen LogP) is 5.22. The van der Waals surface area contributed by atoms with E-state index in [4.69, 9.17) is 19.6 Å². The topological polar surface area (TPSA) is 129 Å². The molecular weight excluding hydrogens is 645 g/mol. The molecule has 1 aromatic heterocycles. The van der Waals surface area contributed by atoms with Gasteiger partial charge in [0, 0.05) is 48.7 Å². The van der Waals surface area contributed by atoms with Crippen LogP contribution >= 0.6 is 11.3 Å². The van der Waals surface area contributed by atoms with E-state index in [1.165, 1.54) is 12.1 Å². The molecule has 0 atom stereocenters. The lowest BCUT2D eigenvalue weighted by Crippen LogP contribution is -2.46. The number of amides is 1. The number of carbonyl (C=O) groups excluding carboxylic acids is 1. The molecule has 1 saturated heterocycles. The first-order chi connectivity index (χ1) is 21.9. The molecule has 1 aliphatic heterocycles. The first kappa shape index (κ1) is 34.2. The van der Waals surface area contributed by atoms with E-state index in [-0.39, 0.29) is 11.3 Å². The number of methoxy groups -OCH3 is 1. The van der Waals surface area contributed by atoms with E-state index in [0.717, 1.165) is 58.9 Å². The number of sulfonamides is 1. The number of nitrogens with zero attached hydrogens (tertiary/aromatic N) is 3. The third kappa shape index (κ3) is 9.20. The summed E-state index contributed by atoms with van der Waals surface area (Å²) in [6.07, 6.45) is -4.65. The molecule has 0 radical (unpaired) electrons. The number of carbonyl (C=O) groups is 2. The van der Waals surface area contributed by atoms with E-state index in [9.17, 15) is 26.4 Å². The standard InChI is InChI=1S/C29H30N4O4S2.C2HF3O2/c1-37-24-14-12-23(13-15-24)32-18-20-33(21-19-32)29-30-28(22-8-4-2-5-9-22)26(38-29)16-17-27(34)31-39(35,36)25-10-6-3-7-11-25;3-2(4,5)1(6)7/h2-15H,16-21H2,1H3,(H,31,34);(H,6,7). The van der Waals surface area contributed by atoms with Gasteiger partial charge in [0.2, 0.25) is 5.91 Å². The number of ether oxygens (including phenoxy) is 1. The molecule has 2 heterocycles. The van der Waals surface area contributed by atoms with Crippen LogP contribution in [0, 0.1) is 0 Å². The summed E-state index contributed by atoms with van der Waals surface area (Å²) in [5.41, 5.74) is 2.98. The Hall–Kier alpha value is -4.63. The molecule has 1 aliphatic rings. The maximum atomic E-state index is 12.6. The van der Waals surface area contributed by atoms with Gasteiger partial charge >= 0.3 is 12.1 Å². The van der Waals surface area contributed by atoms with Gasteiger partial charge in [-0.15, -0.1) is 11.3 Å². The highest BCUT2D eigenvalue weighted by atomic mass is 32.2. The molecule has 2 N–H and O–H groups in total. The third-order valence-corrected chi connectivity index (χ3v) is 9.41. The van der Waals surface area contributed by atoms with Crippen LogP contribution in [0.3, 0.4) is 0 Å². The van der Waals surface area contributed by atoms with E-state index in [2.05, 4.69) is 26.7 Å². The lowest BCUT2D eigenvalue weighted by atomic mass is 10.1. The number of rotatable bonds is 9. The molecule has 1 amide bonds. The fourth-order valence-electron chi connectivity index (χ4n) is 4.50. The molecule has 0 saturated carbocycles. The number of aromatic nitrogens is 1. The maximum absolute atomic E-state index is 12.6. The first-order valence-electron chi connectivity index (χ1n) is 14.0. The SMILES string of the molecule is COc1ccc(N2CCN(c3nc(-c4ccccc4)c(CCC(=O)NS(=O)(=O)c4ccccc4)s3)CC2)cc1.O=C(O)C(F)(F)F. The predicted molar refractivity (Wildman–Crippen MR) is 169 cm³/mol. The molecule has 0 unspecified atom stereocenters. The van der Waals surface area contributed by atoms with Gasteiger partial charge in [0.15, 0.2) is 5.13 Å². The molecule has 10 nitrogen and oxygen atoms in total. The summed E-state index contributed by atoms with van der Waals surface area (Å²) in [6, 6.07) is 25.9. The maximum Gasteiger partial charge on any atom is 0.490 e. The number of hydrogen-bond acceptors (Lipinski definition) is 9. The summed E-state index contributed by atoms with van der Waals surface area (Å²) in [5, 5.41) is 8.04. The van der Waals surface area contributed by atoms with Crippen molar-refractivity contribution in [3.8, 4) is 17.0 Å². The van der Waals surface area contributed by atoms with E-state index < -0.39 is 28.1 Å². The fraction of sp³-hybridized carbons (Fsp3) is 0.258. The average Bonchev–Trinajstić information content (AvgIpc) is 3.49. The van der Waals surface area contributed by atoms with Crippen molar-refractivity contribution in [2.45, 2.75) is 23.9 Å². The minimum Gasteiger partial charge on any atom is -0.497 e. The molecule has 46 heavy (non-hydrogen) atoms. The summed E-state index contributed by atoms with van der Waals surface area (Å²) in [7, 11) is -2.24. The van der Waals surface area contributed by atoms with Crippen LogP contribution in [-0.4, -0.2) is 69.8 Å². The van der Waals surface area contributed by atoms with Crippen LogP contribution in [0.15, 0.2) is 89.8 Å². The van der Waals surface area contributed by atoms with Gasteiger partial charge in [0.25, 0.3) is 10.0 Å². The number of piperazine rings is 1. The van der Waals surface area contributed by atoms with Crippen molar-refractivity contribution in [1.82, 2.24) is 9.71 Å². The van der Waals surface area contributed by atoms with Crippen molar-refractivity contribution >= 4 is 44.1 Å². The third-order valence-electron chi connectivity index (χ3n) is 6.84. The second kappa shape index (κ2) is 15.1. The zero-order valence-electron chi connectivity index (χ0n) is 24.6. The van der Waals surface area contributed by atoms with Crippen LogP contribution in [0.5, 0.6) is 5.75 Å². The number of aliphatic carboxylic acids is 1. The zero-order valence-corrected chi connectivity index (χ0v) is 26.2. The van der Waals surface area contributed by atoms with E-state index in [0.29, 0.717) is 6.42 Å². The van der Waals surface area contributed by atoms with Crippen molar-refractivity contribution in [2.24, 2.45) is 0 Å². The summed E-state index contributed by atoms with van der Waals surface area (Å²) in [6.45, 7) is 3.37. The Balaban J connectivity index is 0.000000617. The Morgan fingerprint density at radius 3 is 2.00 bits per heavy atom. The monoisotopic (exact) mass is 676 g/mol. The van der Waals surface area contributed by atoms with E-state index in [1.54, 1.807) is 36.6 Å². The summed E-state index contributed by atoms with van der Waals surface area (Å²) < 4.78 is 64.3. The van der Waals surface area contributed by atoms with Crippen molar-refractivity contribution in [2.75, 3.05) is 43.1 Å². The Bertz CT molecular complexity index is 1710. The van der Waals surface area contributed by atoms with E-state index >= 15 is 0 Å². The highest BCUT2D eigenvalue weighted by molar-refractivity contribution is 7.90. The van der Waals surface area contributed by atoms with Crippen molar-refractivity contribution in [3.05, 3.63) is 89.8 Å². The molecular formula is C31H31F3N4O6S2. The molecule has 0 spiro atoms. The highest BCUT2D eigenvalue weighted by Gasteiger charge is 2.38. The zero-order chi connectivity index (χ0) is 33.3. The number of aryl methyl sites for hydroxylation is 1. The number of carboxylic acids is 1. The molecule has 4 aromatic rings. The molecule has 0 bridgehead atoms. The summed E-state index contributed by atoms with van der Waals surface area (Å²) >= 11 is 1.57. The van der Waals surface area contributed by atoms with Crippen molar-refractivity contribution in [3.63, 3.8) is 0 Å². The number of carboxylic acid groups (broad SMARTS) is 1. The Morgan fingerprint density at radius 1 is 0.913 bits per heavy atom. The first-order valence-corrected chi connectivity index (χ1v) is 16.3. The molecule has 5 rings (SSSR count). The van der Waals surface area contributed by atoms with Gasteiger partial charge in [-0.2, -0.15) is 13.2 Å². The number of halogens is 3. The highest BCUT2D eigenvalue weighted by Crippen LogP contribution is 2.35. The quantitative estimate of drug-likeness (QED) is 0.245. The van der Waals surface area contributed by atoms with Gasteiger partial charge in [0.1, 0.15) is 5.75 Å². The Kier molecular flexibility index (Phi) is 11.2. The lowest BCUT2D eigenvalue weighted by Gasteiger charge is -2.36. The van der Waals surface area contributed by atoms with Gasteiger partial charge in [-0.1, -0.05) is 48.5 Å². The van der Waals surface area contributed by atoms with Crippen molar-refractivity contribution in [1.29, 1.82) is 0 Å². The molecule has 15 heteroatoms. The van der Waals surface area contributed by atoms with Gasteiger partial charge in [-0.3, -0.25) is 4.79 Å². The molecule has 1 fully saturated rings. The van der Waals surface area contributed by atoms with Crippen LogP contribution in [0.1, 0.15) is 11.3 Å². The molecule has 244 valence electrons. The van der Waals surface area contributed by atoms with E-state index in [1.807, 2.05) is 42.5 Å². The average molecular weight is 677 g/mol. The second-order valence-corrected chi connectivity index (χ2v) is 12.7. The number of alkyl halides is 3. The summed E-state index contributed by atoms with van der Waals surface area (Å²) in [5.74, 6) is -2.46. The Labute approximate surface area is 268 Å². The van der Waals surface area contributed by atoms with Crippen LogP contribution < -0.4 is 19.3 Å². The van der Waals surface area contributed by atoms with Gasteiger partial charge in [-0.25, -0.2) is 22.9 Å². The number of hydrogen-bond donors (Lipinski definition) is 2. The van der Waals surface area contributed by atoms with Gasteiger partial charge in [0.05, 0.1) is 17.7 Å². The second-order valence-electron chi connectivity index (χ2n) is 9.95. The fourth-order valence-corrected chi connectivity index (χ4v) is 6.67. The van der Waals surface area contributed by atoms with Crippen LogP contribution in [0.25, 0.3) is 11.3 Å². The number of thiazole rings is 1. The van der Waals surface area contributed by atoms with Crippen LogP contribution in [0.4, 0.5) is 24.0 Å². The van der Waals surface area contributed by atoms with Gasteiger partial charge in [-0.05, 0) is 42.8 Å². The molecule has 3 aromatic carbocycles. The van der Waals surface area contributed by atoms with Crippen LogP contribution in [-0.2, 0) is 26.0 Å². The van der Waals surface area contributed by atoms with Crippen molar-refractivity contribution < 1.29 is 41.0 Å². The lowest BCUT2D eigenvalue weighted by molar-refractivity contribution is -0.192. The minimum atomic E-state index is -5.08. The van der Waals surface area contributed by atoms with Crippen LogP contribution in [0.2, 0.25) is 0 Å².